The number of hydrogen-bond donors (Lipinski definition) is 2. The molecular weight excluding hydrogens is 260 g/mol. The van der Waals surface area contributed by atoms with Gasteiger partial charge in [0.25, 0.3) is 0 Å². The Morgan fingerprint density at radius 1 is 1.30 bits per heavy atom. The summed E-state index contributed by atoms with van der Waals surface area (Å²) >= 11 is 0. The molecule has 0 radical (unpaired) electrons. The molecule has 6 nitrogen and oxygen atoms in total. The number of likely N-dealkylation sites (tertiary alicyclic amines) is 1. The van der Waals surface area contributed by atoms with Crippen LogP contribution < -0.4 is 5.48 Å². The minimum atomic E-state index is -0.970. The molecule has 1 aromatic rings. The number of nitrogens with one attached hydrogen (secondary N) is 1. The minimum Gasteiger partial charge on any atom is -0.480 e. The molecule has 1 heterocycles. The van der Waals surface area contributed by atoms with Crippen LogP contribution in [-0.4, -0.2) is 34.6 Å². The van der Waals surface area contributed by atoms with Gasteiger partial charge in [0, 0.05) is 6.54 Å². The largest absolute Gasteiger partial charge is 0.480 e. The summed E-state index contributed by atoms with van der Waals surface area (Å²) in [5, 5.41) is 9.10. The highest BCUT2D eigenvalue weighted by atomic mass is 16.7. The number of carboxylic acids is 1. The summed E-state index contributed by atoms with van der Waals surface area (Å²) in [7, 11) is 0. The third-order valence-corrected chi connectivity index (χ3v) is 3.29. The first-order chi connectivity index (χ1) is 9.68. The van der Waals surface area contributed by atoms with E-state index in [-0.39, 0.29) is 6.61 Å². The van der Waals surface area contributed by atoms with Crippen LogP contribution in [0.5, 0.6) is 0 Å². The molecule has 2 amide bonds. The molecule has 2 N–H and O–H groups in total. The van der Waals surface area contributed by atoms with Gasteiger partial charge in [-0.05, 0) is 24.8 Å². The maximum absolute atomic E-state index is 11.9. The average molecular weight is 278 g/mol. The molecule has 0 aliphatic carbocycles. The van der Waals surface area contributed by atoms with Crippen molar-refractivity contribution < 1.29 is 19.5 Å². The predicted molar refractivity (Wildman–Crippen MR) is 71.7 cm³/mol. The first kappa shape index (κ1) is 14.3. The zero-order chi connectivity index (χ0) is 14.4. The molecule has 2 rings (SSSR count). The van der Waals surface area contributed by atoms with E-state index in [2.05, 4.69) is 5.48 Å². The fraction of sp³-hybridized carbons (Fsp3) is 0.429. The quantitative estimate of drug-likeness (QED) is 0.823. The van der Waals surface area contributed by atoms with E-state index in [1.54, 1.807) is 0 Å². The smallest absolute Gasteiger partial charge is 0.342 e. The zero-order valence-corrected chi connectivity index (χ0v) is 11.1. The highest BCUT2D eigenvalue weighted by Crippen LogP contribution is 2.17. The number of hydrogen-bond acceptors (Lipinski definition) is 3. The number of hydroxylamine groups is 1. The molecule has 1 atom stereocenters. The maximum Gasteiger partial charge on any atom is 0.342 e. The van der Waals surface area contributed by atoms with Crippen molar-refractivity contribution in [2.75, 3.05) is 6.54 Å². The number of piperidine rings is 1. The minimum absolute atomic E-state index is 0.248. The van der Waals surface area contributed by atoms with Crippen molar-refractivity contribution in [3.63, 3.8) is 0 Å². The molecule has 20 heavy (non-hydrogen) atoms. The van der Waals surface area contributed by atoms with Crippen molar-refractivity contribution in [3.8, 4) is 0 Å². The average Bonchev–Trinajstić information content (AvgIpc) is 2.48. The Balaban J connectivity index is 1.83. The third-order valence-electron chi connectivity index (χ3n) is 3.29. The van der Waals surface area contributed by atoms with Gasteiger partial charge in [-0.15, -0.1) is 0 Å². The number of aliphatic carboxylic acids is 1. The van der Waals surface area contributed by atoms with Crippen molar-refractivity contribution in [1.29, 1.82) is 0 Å². The lowest BCUT2D eigenvalue weighted by Crippen LogP contribution is -2.51. The highest BCUT2D eigenvalue weighted by molar-refractivity contribution is 5.82. The lowest BCUT2D eigenvalue weighted by Gasteiger charge is -2.32. The molecule has 0 spiro atoms. The Bertz CT molecular complexity index is 464. The number of carboxylic acid groups (broad SMARTS) is 1. The second kappa shape index (κ2) is 6.91. The van der Waals surface area contributed by atoms with Crippen LogP contribution in [0, 0.1) is 0 Å². The molecule has 0 bridgehead atoms. The van der Waals surface area contributed by atoms with E-state index in [4.69, 9.17) is 9.94 Å². The van der Waals surface area contributed by atoms with Crippen molar-refractivity contribution >= 4 is 12.0 Å². The van der Waals surface area contributed by atoms with Crippen LogP contribution in [0.4, 0.5) is 4.79 Å². The van der Waals surface area contributed by atoms with Gasteiger partial charge in [0.05, 0.1) is 6.61 Å². The van der Waals surface area contributed by atoms with E-state index in [0.717, 1.165) is 18.4 Å². The van der Waals surface area contributed by atoms with Gasteiger partial charge in [-0.25, -0.2) is 15.1 Å². The lowest BCUT2D eigenvalue weighted by atomic mass is 10.0. The summed E-state index contributed by atoms with van der Waals surface area (Å²) in [6.45, 7) is 0.690. The van der Waals surface area contributed by atoms with E-state index in [9.17, 15) is 9.59 Å². The molecule has 6 heteroatoms. The molecule has 0 aromatic heterocycles. The molecule has 0 saturated carbocycles. The van der Waals surface area contributed by atoms with Gasteiger partial charge in [0.1, 0.15) is 6.04 Å². The van der Waals surface area contributed by atoms with Crippen molar-refractivity contribution in [2.24, 2.45) is 0 Å². The molecule has 1 aromatic carbocycles. The third kappa shape index (κ3) is 3.71. The number of carbonyl (C=O) groups excluding carboxylic acids is 1. The maximum atomic E-state index is 11.9. The van der Waals surface area contributed by atoms with E-state index in [1.165, 1.54) is 4.90 Å². The fourth-order valence-electron chi connectivity index (χ4n) is 2.25. The van der Waals surface area contributed by atoms with Gasteiger partial charge in [0.2, 0.25) is 0 Å². The second-order valence-electron chi connectivity index (χ2n) is 4.72. The SMILES string of the molecule is O=C(O)C1CCCCN1C(=O)NOCc1ccccc1. The molecular formula is C14H18N2O4. The van der Waals surface area contributed by atoms with Crippen LogP contribution in [0.1, 0.15) is 24.8 Å². The molecule has 1 unspecified atom stereocenters. The van der Waals surface area contributed by atoms with Crippen LogP contribution in [0.3, 0.4) is 0 Å². The number of benzene rings is 1. The Hall–Kier alpha value is -2.08. The van der Waals surface area contributed by atoms with E-state index >= 15 is 0 Å². The summed E-state index contributed by atoms with van der Waals surface area (Å²) in [6.07, 6.45) is 2.13. The summed E-state index contributed by atoms with van der Waals surface area (Å²) in [4.78, 5) is 29.5. The van der Waals surface area contributed by atoms with Crippen molar-refractivity contribution in [1.82, 2.24) is 10.4 Å². The van der Waals surface area contributed by atoms with Crippen LogP contribution in [0.2, 0.25) is 0 Å². The van der Waals surface area contributed by atoms with Gasteiger partial charge < -0.3 is 10.0 Å². The Morgan fingerprint density at radius 3 is 2.75 bits per heavy atom. The van der Waals surface area contributed by atoms with E-state index in [0.29, 0.717) is 13.0 Å². The number of amides is 2. The van der Waals surface area contributed by atoms with Gasteiger partial charge in [-0.3, -0.25) is 4.84 Å². The first-order valence-corrected chi connectivity index (χ1v) is 6.63. The number of urea groups is 1. The van der Waals surface area contributed by atoms with Crippen molar-refractivity contribution in [3.05, 3.63) is 35.9 Å². The number of rotatable bonds is 4. The summed E-state index contributed by atoms with van der Waals surface area (Å²) in [5.74, 6) is -0.970. The standard InChI is InChI=1S/C14H18N2O4/c17-13(18)12-8-4-5-9-16(12)14(19)15-20-10-11-6-2-1-3-7-11/h1-3,6-7,12H,4-5,8-10H2,(H,15,19)(H,17,18). The zero-order valence-electron chi connectivity index (χ0n) is 11.1. The topological polar surface area (TPSA) is 78.9 Å². The highest BCUT2D eigenvalue weighted by Gasteiger charge is 2.31. The molecule has 1 saturated heterocycles. The van der Waals surface area contributed by atoms with Gasteiger partial charge in [-0.2, -0.15) is 0 Å². The van der Waals surface area contributed by atoms with Gasteiger partial charge in [0.15, 0.2) is 0 Å². The predicted octanol–water partition coefficient (Wildman–Crippen LogP) is 1.77. The Kier molecular flexibility index (Phi) is 4.95. The van der Waals surface area contributed by atoms with E-state index in [1.807, 2.05) is 30.3 Å². The fourth-order valence-corrected chi connectivity index (χ4v) is 2.25. The first-order valence-electron chi connectivity index (χ1n) is 6.63. The number of nitrogens with zero attached hydrogens (tertiary/aromatic N) is 1. The second-order valence-corrected chi connectivity index (χ2v) is 4.72. The van der Waals surface area contributed by atoms with Crippen LogP contribution in [-0.2, 0) is 16.2 Å². The molecule has 1 aliphatic rings. The summed E-state index contributed by atoms with van der Waals surface area (Å²) in [6, 6.07) is 8.17. The van der Waals surface area contributed by atoms with Crippen LogP contribution in [0.25, 0.3) is 0 Å². The van der Waals surface area contributed by atoms with Gasteiger partial charge >= 0.3 is 12.0 Å². The summed E-state index contributed by atoms with van der Waals surface area (Å²) in [5.41, 5.74) is 3.24. The lowest BCUT2D eigenvalue weighted by molar-refractivity contribution is -0.143. The molecule has 108 valence electrons. The van der Waals surface area contributed by atoms with Gasteiger partial charge in [-0.1, -0.05) is 30.3 Å². The van der Waals surface area contributed by atoms with Crippen molar-refractivity contribution in [2.45, 2.75) is 31.9 Å². The Labute approximate surface area is 117 Å². The van der Waals surface area contributed by atoms with Crippen LogP contribution in [0.15, 0.2) is 30.3 Å². The monoisotopic (exact) mass is 278 g/mol. The Morgan fingerprint density at radius 2 is 2.05 bits per heavy atom. The molecule has 1 fully saturated rings. The van der Waals surface area contributed by atoms with Crippen LogP contribution >= 0.6 is 0 Å². The van der Waals surface area contributed by atoms with E-state index < -0.39 is 18.0 Å². The molecule has 1 aliphatic heterocycles. The normalized spacial score (nSPS) is 18.6. The summed E-state index contributed by atoms with van der Waals surface area (Å²) < 4.78 is 0. The number of carbonyl (C=O) groups is 2.